The summed E-state index contributed by atoms with van der Waals surface area (Å²) in [7, 11) is 0. The third kappa shape index (κ3) is 5.80. The molecule has 1 amide bonds. The van der Waals surface area contributed by atoms with Crippen molar-refractivity contribution in [2.75, 3.05) is 5.32 Å². The van der Waals surface area contributed by atoms with Gasteiger partial charge >= 0.3 is 6.18 Å². The summed E-state index contributed by atoms with van der Waals surface area (Å²) in [4.78, 5) is 22.0. The Morgan fingerprint density at radius 2 is 1.75 bits per heavy atom. The maximum atomic E-state index is 13.0. The molecule has 2 N–H and O–H groups in total. The molecule has 3 rings (SSSR count). The van der Waals surface area contributed by atoms with Crippen LogP contribution >= 0.6 is 22.9 Å². The number of thiazole rings is 1. The molecule has 10 heteroatoms. The summed E-state index contributed by atoms with van der Waals surface area (Å²) in [6.45, 7) is 3.74. The molecule has 0 aliphatic carbocycles. The van der Waals surface area contributed by atoms with E-state index in [-0.39, 0.29) is 16.4 Å². The van der Waals surface area contributed by atoms with Gasteiger partial charge in [-0.2, -0.15) is 13.2 Å². The molecule has 32 heavy (non-hydrogen) atoms. The van der Waals surface area contributed by atoms with E-state index in [1.54, 1.807) is 24.3 Å². The quantitative estimate of drug-likeness (QED) is 0.384. The van der Waals surface area contributed by atoms with Gasteiger partial charge in [-0.15, -0.1) is 11.3 Å². The van der Waals surface area contributed by atoms with E-state index in [0.29, 0.717) is 16.3 Å². The second-order valence-electron chi connectivity index (χ2n) is 6.86. The molecule has 0 saturated carbocycles. The third-order valence-corrected chi connectivity index (χ3v) is 5.83. The lowest BCUT2D eigenvalue weighted by Gasteiger charge is -2.12. The van der Waals surface area contributed by atoms with E-state index in [4.69, 9.17) is 17.0 Å². The summed E-state index contributed by atoms with van der Waals surface area (Å²) in [5, 5.41) is 10.8. The molecule has 0 saturated heterocycles. The first-order chi connectivity index (χ1) is 15.0. The molecule has 0 aliphatic rings. The molecule has 1 heterocycles. The van der Waals surface area contributed by atoms with Crippen molar-refractivity contribution in [3.63, 3.8) is 0 Å². The minimum Gasteiger partial charge on any atom is -0.300 e. The van der Waals surface area contributed by atoms with Crippen LogP contribution in [0.15, 0.2) is 53.5 Å². The summed E-state index contributed by atoms with van der Waals surface area (Å²) in [5.41, 5.74) is 0.348. The Balaban J connectivity index is 1.88. The van der Waals surface area contributed by atoms with Crippen molar-refractivity contribution in [1.29, 1.82) is 5.41 Å². The molecular weight excluding hydrogens is 461 g/mol. The molecule has 1 aromatic heterocycles. The molecule has 0 fully saturated rings. The Morgan fingerprint density at radius 1 is 1.12 bits per heavy atom. The van der Waals surface area contributed by atoms with Crippen LogP contribution in [0.5, 0.6) is 0 Å². The lowest BCUT2D eigenvalue weighted by atomic mass is 10.0. The Kier molecular flexibility index (Phi) is 7.10. The second-order valence-corrected chi connectivity index (χ2v) is 8.47. The zero-order valence-corrected chi connectivity index (χ0v) is 18.6. The van der Waals surface area contributed by atoms with Crippen LogP contribution in [0.1, 0.15) is 32.9 Å². The van der Waals surface area contributed by atoms with Crippen molar-refractivity contribution in [1.82, 2.24) is 4.98 Å². The zero-order chi connectivity index (χ0) is 23.5. The van der Waals surface area contributed by atoms with Crippen LogP contribution in [0.4, 0.5) is 24.0 Å². The van der Waals surface area contributed by atoms with Crippen LogP contribution in [0.3, 0.4) is 0 Å². The Bertz CT molecular complexity index is 1170. The number of alkyl halides is 3. The van der Waals surface area contributed by atoms with E-state index in [1.807, 2.05) is 13.8 Å². The SMILES string of the molecule is Cc1nc(NC(=O)c2ccc(C(CC(=N)C(F)(F)F)=Nc3ccccc3Cl)cc2)sc1C. The number of anilines is 1. The highest BCUT2D eigenvalue weighted by atomic mass is 35.5. The Morgan fingerprint density at radius 3 is 2.31 bits per heavy atom. The van der Waals surface area contributed by atoms with E-state index in [0.717, 1.165) is 10.6 Å². The number of rotatable bonds is 6. The van der Waals surface area contributed by atoms with Crippen molar-refractivity contribution >= 4 is 51.1 Å². The Hall–Kier alpha value is -3.04. The average molecular weight is 479 g/mol. The first-order valence-electron chi connectivity index (χ1n) is 9.37. The Labute approximate surface area is 191 Å². The van der Waals surface area contributed by atoms with Gasteiger partial charge in [0.1, 0.15) is 5.71 Å². The number of aromatic nitrogens is 1. The van der Waals surface area contributed by atoms with Crippen molar-refractivity contribution < 1.29 is 18.0 Å². The standard InChI is InChI=1S/C22H18ClF3N4OS/c1-12-13(2)32-21(28-12)30-20(31)15-9-7-14(8-10-15)18(11-19(27)22(24,25)26)29-17-6-4-3-5-16(17)23/h3-10,27H,11H2,1-2H3,(H,28,30,31). The molecule has 5 nitrogen and oxygen atoms in total. The highest BCUT2D eigenvalue weighted by Gasteiger charge is 2.35. The van der Waals surface area contributed by atoms with Gasteiger partial charge in [-0.05, 0) is 43.7 Å². The summed E-state index contributed by atoms with van der Waals surface area (Å²) in [5.74, 6) is -0.391. The van der Waals surface area contributed by atoms with Crippen molar-refractivity contribution in [3.8, 4) is 0 Å². The first kappa shape index (κ1) is 23.6. The maximum absolute atomic E-state index is 13.0. The number of nitrogens with one attached hydrogen (secondary N) is 2. The van der Waals surface area contributed by atoms with Crippen LogP contribution in [0.2, 0.25) is 5.02 Å². The molecule has 0 atom stereocenters. The number of amides is 1. The smallest absolute Gasteiger partial charge is 0.300 e. The van der Waals surface area contributed by atoms with E-state index >= 15 is 0 Å². The lowest BCUT2D eigenvalue weighted by molar-refractivity contribution is -0.0605. The molecule has 166 valence electrons. The predicted molar refractivity (Wildman–Crippen MR) is 122 cm³/mol. The third-order valence-electron chi connectivity index (χ3n) is 4.52. The predicted octanol–water partition coefficient (Wildman–Crippen LogP) is 6.76. The first-order valence-corrected chi connectivity index (χ1v) is 10.6. The molecule has 3 aromatic rings. The number of aliphatic imine (C=N–C) groups is 1. The highest BCUT2D eigenvalue weighted by molar-refractivity contribution is 7.15. The van der Waals surface area contributed by atoms with E-state index in [9.17, 15) is 18.0 Å². The number of hydrogen-bond donors (Lipinski definition) is 2. The number of carbonyl (C=O) groups excluding carboxylic acids is 1. The molecule has 0 unspecified atom stereocenters. The van der Waals surface area contributed by atoms with Crippen molar-refractivity contribution in [2.45, 2.75) is 26.4 Å². The number of benzene rings is 2. The van der Waals surface area contributed by atoms with Crippen LogP contribution in [0.25, 0.3) is 0 Å². The van der Waals surface area contributed by atoms with Crippen LogP contribution in [-0.4, -0.2) is 28.5 Å². The van der Waals surface area contributed by atoms with Crippen molar-refractivity contribution in [3.05, 3.63) is 75.3 Å². The number of nitrogens with zero attached hydrogens (tertiary/aromatic N) is 2. The normalized spacial score (nSPS) is 12.0. The number of para-hydroxylation sites is 1. The minimum absolute atomic E-state index is 0.0126. The van der Waals surface area contributed by atoms with Crippen LogP contribution in [-0.2, 0) is 0 Å². The van der Waals surface area contributed by atoms with Gasteiger partial charge in [-0.25, -0.2) is 4.98 Å². The van der Waals surface area contributed by atoms with E-state index in [2.05, 4.69) is 15.3 Å². The van der Waals surface area contributed by atoms with Crippen LogP contribution in [0, 0.1) is 19.3 Å². The lowest BCUT2D eigenvalue weighted by Crippen LogP contribution is -2.25. The largest absolute Gasteiger partial charge is 0.429 e. The molecule has 0 radical (unpaired) electrons. The molecule has 2 aromatic carbocycles. The van der Waals surface area contributed by atoms with Crippen LogP contribution < -0.4 is 5.32 Å². The highest BCUT2D eigenvalue weighted by Crippen LogP contribution is 2.27. The van der Waals surface area contributed by atoms with Gasteiger partial charge in [0.25, 0.3) is 5.91 Å². The monoisotopic (exact) mass is 478 g/mol. The maximum Gasteiger partial charge on any atom is 0.429 e. The zero-order valence-electron chi connectivity index (χ0n) is 17.0. The molecular formula is C22H18ClF3N4OS. The fourth-order valence-electron chi connectivity index (χ4n) is 2.67. The summed E-state index contributed by atoms with van der Waals surface area (Å²) in [6.07, 6.45) is -5.51. The van der Waals surface area contributed by atoms with Gasteiger partial charge in [0.05, 0.1) is 22.1 Å². The van der Waals surface area contributed by atoms with Gasteiger partial charge in [0, 0.05) is 16.9 Å². The molecule has 0 spiro atoms. The summed E-state index contributed by atoms with van der Waals surface area (Å²) >= 11 is 7.45. The number of hydrogen-bond acceptors (Lipinski definition) is 5. The number of carbonyl (C=O) groups is 1. The topological polar surface area (TPSA) is 78.2 Å². The second kappa shape index (κ2) is 9.62. The minimum atomic E-state index is -4.77. The van der Waals surface area contributed by atoms with Gasteiger partial charge in [-0.1, -0.05) is 35.9 Å². The van der Waals surface area contributed by atoms with Gasteiger partial charge in [0.15, 0.2) is 5.13 Å². The molecule has 0 aliphatic heterocycles. The summed E-state index contributed by atoms with van der Waals surface area (Å²) < 4.78 is 39.0. The van der Waals surface area contributed by atoms with Gasteiger partial charge in [0.2, 0.25) is 0 Å². The summed E-state index contributed by atoms with van der Waals surface area (Å²) in [6, 6.07) is 12.4. The van der Waals surface area contributed by atoms with Gasteiger partial charge < -0.3 is 5.41 Å². The fourth-order valence-corrected chi connectivity index (χ4v) is 3.66. The molecule has 0 bridgehead atoms. The van der Waals surface area contributed by atoms with Crippen molar-refractivity contribution in [2.24, 2.45) is 4.99 Å². The fraction of sp³-hybridized carbons (Fsp3) is 0.182. The van der Waals surface area contributed by atoms with E-state index < -0.39 is 24.2 Å². The average Bonchev–Trinajstić information content (AvgIpc) is 3.05. The number of halogens is 4. The number of aryl methyl sites for hydroxylation is 2. The van der Waals surface area contributed by atoms with E-state index in [1.165, 1.54) is 35.6 Å². The van der Waals surface area contributed by atoms with Gasteiger partial charge in [-0.3, -0.25) is 15.1 Å².